The molecule has 15 nitrogen and oxygen atoms in total. The van der Waals surface area contributed by atoms with E-state index in [1.807, 2.05) is 19.1 Å². The van der Waals surface area contributed by atoms with Crippen molar-refractivity contribution in [1.82, 2.24) is 35.3 Å². The molecule has 5 heterocycles. The molecule has 3 aromatic heterocycles. The smallest absolute Gasteiger partial charge is 0.271 e. The average Bonchev–Trinajstić information content (AvgIpc) is 3.75. The summed E-state index contributed by atoms with van der Waals surface area (Å²) in [6.07, 6.45) is 7.72. The number of aryl methyl sites for hydroxylation is 1. The van der Waals surface area contributed by atoms with Gasteiger partial charge in [0.2, 0.25) is 17.8 Å². The first-order valence-corrected chi connectivity index (χ1v) is 17.7. The summed E-state index contributed by atoms with van der Waals surface area (Å²) in [7, 11) is 3.23. The number of fused-ring (bicyclic) bond motifs is 1. The fraction of sp³-hybridized carbons (Fsp3) is 0.368. The second-order valence-corrected chi connectivity index (χ2v) is 13.4. The van der Waals surface area contributed by atoms with Gasteiger partial charge in [-0.15, -0.1) is 0 Å². The van der Waals surface area contributed by atoms with Crippen LogP contribution in [0.4, 0.5) is 5.69 Å². The van der Waals surface area contributed by atoms with Crippen molar-refractivity contribution in [2.75, 3.05) is 45.6 Å². The van der Waals surface area contributed by atoms with E-state index in [4.69, 9.17) is 9.41 Å². The number of aromatic nitrogens is 2. The largest absolute Gasteiger partial charge is 0.461 e. The molecule has 0 bridgehead atoms. The second-order valence-electron chi connectivity index (χ2n) is 13.4. The molecule has 53 heavy (non-hydrogen) atoms. The lowest BCUT2D eigenvalue weighted by molar-refractivity contribution is -0.141. The summed E-state index contributed by atoms with van der Waals surface area (Å²) in [4.78, 5) is 83.6. The maximum Gasteiger partial charge on any atom is 0.271 e. The van der Waals surface area contributed by atoms with E-state index in [0.29, 0.717) is 55.7 Å². The van der Waals surface area contributed by atoms with E-state index < -0.39 is 11.9 Å². The Morgan fingerprint density at radius 2 is 1.79 bits per heavy atom. The van der Waals surface area contributed by atoms with E-state index in [1.54, 1.807) is 49.5 Å². The van der Waals surface area contributed by atoms with E-state index in [1.165, 1.54) is 34.3 Å². The molecule has 276 valence electrons. The summed E-state index contributed by atoms with van der Waals surface area (Å²) in [5, 5.41) is 9.71. The van der Waals surface area contributed by atoms with Crippen LogP contribution in [0.3, 0.4) is 0 Å². The van der Waals surface area contributed by atoms with Crippen molar-refractivity contribution in [3.8, 4) is 0 Å². The number of benzene rings is 1. The van der Waals surface area contributed by atoms with Crippen molar-refractivity contribution < 1.29 is 28.4 Å². The predicted octanol–water partition coefficient (Wildman–Crippen LogP) is 3.23. The van der Waals surface area contributed by atoms with Gasteiger partial charge in [0, 0.05) is 69.4 Å². The lowest BCUT2D eigenvalue weighted by Crippen LogP contribution is -2.49. The Morgan fingerprint density at radius 1 is 0.962 bits per heavy atom. The van der Waals surface area contributed by atoms with Crippen LogP contribution in [0.25, 0.3) is 11.0 Å². The first kappa shape index (κ1) is 36.7. The van der Waals surface area contributed by atoms with Crippen LogP contribution in [0, 0.1) is 6.92 Å². The lowest BCUT2D eigenvalue weighted by Gasteiger charge is -2.29. The number of hydrogen-bond acceptors (Lipinski definition) is 9. The number of nitrogens with zero attached hydrogens (tertiary/aromatic N) is 6. The second kappa shape index (κ2) is 16.5. The number of hydrogen-bond donors (Lipinski definition) is 3. The summed E-state index contributed by atoms with van der Waals surface area (Å²) in [5.41, 5.74) is 2.12. The summed E-state index contributed by atoms with van der Waals surface area (Å²) in [6, 6.07) is 12.6. The zero-order valence-electron chi connectivity index (χ0n) is 30.0. The van der Waals surface area contributed by atoms with Gasteiger partial charge in [0.1, 0.15) is 23.1 Å². The highest BCUT2D eigenvalue weighted by Crippen LogP contribution is 2.24. The van der Waals surface area contributed by atoms with Gasteiger partial charge in [-0.05, 0) is 87.6 Å². The van der Waals surface area contributed by atoms with Crippen LogP contribution in [0.1, 0.15) is 69.1 Å². The highest BCUT2D eigenvalue weighted by Gasteiger charge is 2.34. The summed E-state index contributed by atoms with van der Waals surface area (Å²) < 4.78 is 5.71. The number of furan rings is 1. The predicted molar refractivity (Wildman–Crippen MR) is 197 cm³/mol. The molecule has 0 aliphatic carbocycles. The van der Waals surface area contributed by atoms with Gasteiger partial charge in [0.15, 0.2) is 0 Å². The van der Waals surface area contributed by atoms with Gasteiger partial charge in [-0.2, -0.15) is 0 Å². The standard InChI is InChI=1S/C38H43N9O6/c1-24-18-27-19-28(12-14-32(27)53-24)42-38(44-35(50)26-11-13-30(40-21-26)36(51)45(2)3)43-31-10-4-5-16-46(37(31)52)23-33(48)47-17-7-9-29(47)22-41-34(49)25-8-6-15-39-20-25/h6,8,11-15,18-21,29,31H,4-5,7,9-10,16-17,22-23H2,1-3H3,(H,41,49)(H2,42,43,44,50)/t29-,31+/m1/s1. The monoisotopic (exact) mass is 721 g/mol. The van der Waals surface area contributed by atoms with Crippen molar-refractivity contribution in [2.45, 2.75) is 51.1 Å². The molecule has 2 atom stereocenters. The van der Waals surface area contributed by atoms with Crippen LogP contribution in [0.5, 0.6) is 0 Å². The van der Waals surface area contributed by atoms with Gasteiger partial charge >= 0.3 is 0 Å². The number of likely N-dealkylation sites (tertiary alicyclic amines) is 2. The molecule has 1 aromatic carbocycles. The third-order valence-electron chi connectivity index (χ3n) is 9.27. The molecule has 0 saturated carbocycles. The van der Waals surface area contributed by atoms with Gasteiger partial charge in [0.25, 0.3) is 17.7 Å². The molecule has 3 N–H and O–H groups in total. The molecule has 5 amide bonds. The number of guanidine groups is 1. The van der Waals surface area contributed by atoms with Crippen LogP contribution in [0.15, 0.2) is 76.5 Å². The molecule has 2 fully saturated rings. The Labute approximate surface area is 306 Å². The minimum Gasteiger partial charge on any atom is -0.461 e. The number of carbonyl (C=O) groups excluding carboxylic acids is 5. The molecule has 0 radical (unpaired) electrons. The maximum atomic E-state index is 14.0. The SMILES string of the molecule is Cc1cc2cc(NC(=N[C@H]3CCCCN(CC(=O)N4CCC[C@@H]4CNC(=O)c4cccnc4)C3=O)NC(=O)c3ccc(C(=O)N(C)C)nc3)ccc2o1. The Kier molecular flexibility index (Phi) is 11.4. The number of amides is 5. The van der Waals surface area contributed by atoms with Crippen molar-refractivity contribution in [1.29, 1.82) is 0 Å². The molecule has 2 aliphatic heterocycles. The quantitative estimate of drug-likeness (QED) is 0.173. The Balaban J connectivity index is 1.18. The molecule has 0 unspecified atom stereocenters. The summed E-state index contributed by atoms with van der Waals surface area (Å²) >= 11 is 0. The van der Waals surface area contributed by atoms with Crippen LogP contribution in [0.2, 0.25) is 0 Å². The van der Waals surface area contributed by atoms with Gasteiger partial charge in [0.05, 0.1) is 17.7 Å². The van der Waals surface area contributed by atoms with Crippen molar-refractivity contribution in [3.63, 3.8) is 0 Å². The third-order valence-corrected chi connectivity index (χ3v) is 9.27. The van der Waals surface area contributed by atoms with Crippen molar-refractivity contribution >= 4 is 52.2 Å². The number of carbonyl (C=O) groups is 5. The van der Waals surface area contributed by atoms with Crippen LogP contribution in [-0.2, 0) is 9.59 Å². The number of anilines is 1. The number of aliphatic imine (C=N–C) groups is 1. The lowest BCUT2D eigenvalue weighted by atomic mass is 10.1. The van der Waals surface area contributed by atoms with Crippen molar-refractivity contribution in [3.05, 3.63) is 89.7 Å². The van der Waals surface area contributed by atoms with Gasteiger partial charge in [-0.1, -0.05) is 0 Å². The summed E-state index contributed by atoms with van der Waals surface area (Å²) in [5.74, 6) is -0.829. The van der Waals surface area contributed by atoms with Crippen LogP contribution in [-0.4, -0.2) is 113 Å². The Bertz CT molecular complexity index is 2010. The number of nitrogens with one attached hydrogen (secondary N) is 3. The average molecular weight is 722 g/mol. The topological polar surface area (TPSA) is 182 Å². The van der Waals surface area contributed by atoms with Crippen LogP contribution < -0.4 is 16.0 Å². The van der Waals surface area contributed by atoms with E-state index in [9.17, 15) is 24.0 Å². The fourth-order valence-electron chi connectivity index (χ4n) is 6.51. The minimum atomic E-state index is -0.876. The van der Waals surface area contributed by atoms with Crippen molar-refractivity contribution in [2.24, 2.45) is 4.99 Å². The molecule has 2 aliphatic rings. The Hall–Kier alpha value is -6.12. The molecule has 4 aromatic rings. The number of rotatable bonds is 9. The Morgan fingerprint density at radius 3 is 2.55 bits per heavy atom. The van der Waals surface area contributed by atoms with E-state index >= 15 is 0 Å². The highest BCUT2D eigenvalue weighted by atomic mass is 16.3. The highest BCUT2D eigenvalue weighted by molar-refractivity contribution is 6.11. The zero-order chi connectivity index (χ0) is 37.5. The first-order chi connectivity index (χ1) is 25.5. The van der Waals surface area contributed by atoms with E-state index in [0.717, 1.165) is 24.0 Å². The third kappa shape index (κ3) is 9.04. The summed E-state index contributed by atoms with van der Waals surface area (Å²) in [6.45, 7) is 2.96. The minimum absolute atomic E-state index is 0.0403. The molecule has 15 heteroatoms. The van der Waals surface area contributed by atoms with E-state index in [-0.39, 0.29) is 53.4 Å². The molecule has 2 saturated heterocycles. The van der Waals surface area contributed by atoms with Gasteiger partial charge < -0.3 is 29.8 Å². The first-order valence-electron chi connectivity index (χ1n) is 17.7. The van der Waals surface area contributed by atoms with Gasteiger partial charge in [-0.3, -0.25) is 39.3 Å². The zero-order valence-corrected chi connectivity index (χ0v) is 30.0. The van der Waals surface area contributed by atoms with Gasteiger partial charge in [-0.25, -0.2) is 4.99 Å². The maximum absolute atomic E-state index is 14.0. The molecular formula is C38H43N9O6. The van der Waals surface area contributed by atoms with Crippen LogP contribution >= 0.6 is 0 Å². The molecular weight excluding hydrogens is 678 g/mol. The molecule has 0 spiro atoms. The van der Waals surface area contributed by atoms with E-state index in [2.05, 4.69) is 25.9 Å². The fourth-order valence-corrected chi connectivity index (χ4v) is 6.51. The number of pyridine rings is 2. The molecule has 6 rings (SSSR count). The normalized spacial score (nSPS) is 17.7.